The molecule has 0 saturated carbocycles. The molecule has 15 heavy (non-hydrogen) atoms. The molecular weight excluding hydrogens is 194 g/mol. The summed E-state index contributed by atoms with van der Waals surface area (Å²) in [5.74, 6) is 0.0334. The predicted molar refractivity (Wildman–Crippen MR) is 55.9 cm³/mol. The topological polar surface area (TPSA) is 53.9 Å². The molecule has 2 N–H and O–H groups in total. The number of hydrogen-bond acceptors (Lipinski definition) is 2. The van der Waals surface area contributed by atoms with E-state index in [0.717, 1.165) is 26.2 Å². The van der Waals surface area contributed by atoms with E-state index in [1.165, 1.54) is 11.8 Å². The van der Waals surface area contributed by atoms with Gasteiger partial charge in [0, 0.05) is 19.9 Å². The first-order valence-electron chi connectivity index (χ1n) is 5.28. The molecule has 0 aliphatic carbocycles. The second kappa shape index (κ2) is 5.70. The van der Waals surface area contributed by atoms with Crippen LogP contribution in [-0.4, -0.2) is 49.4 Å². The zero-order chi connectivity index (χ0) is 11.3. The average Bonchev–Trinajstić information content (AvgIpc) is 2.18. The summed E-state index contributed by atoms with van der Waals surface area (Å²) in [5, 5.41) is 2.62. The zero-order valence-corrected chi connectivity index (χ0v) is 9.21. The molecule has 5 heteroatoms. The molecule has 0 radical (unpaired) electrons. The monoisotopic (exact) mass is 213 g/mol. The minimum Gasteiger partial charge on any atom is -0.465 e. The van der Waals surface area contributed by atoms with E-state index in [1.807, 2.05) is 4.90 Å². The van der Waals surface area contributed by atoms with Gasteiger partial charge in [0.05, 0.1) is 26.2 Å². The lowest BCUT2D eigenvalue weighted by atomic mass is 10.3. The van der Waals surface area contributed by atoms with Gasteiger partial charge in [0.25, 0.3) is 0 Å². The van der Waals surface area contributed by atoms with Crippen molar-refractivity contribution >= 4 is 11.8 Å². The lowest BCUT2D eigenvalue weighted by molar-refractivity contribution is -0.858. The molecule has 0 aromatic rings. The number of carbonyl (C=O) groups is 2. The average molecular weight is 213 g/mol. The standard InChI is InChI=1S/C10H19N3O2/c1-9(14)11-4-3-10(15)13-7-5-12(2)6-8-13/h12H,2-8H2,1H3,(H,11,14). The molecule has 0 atom stereocenters. The Morgan fingerprint density at radius 3 is 2.53 bits per heavy atom. The van der Waals surface area contributed by atoms with Gasteiger partial charge in [-0.2, -0.15) is 7.05 Å². The Labute approximate surface area is 90.4 Å². The first kappa shape index (κ1) is 12.0. The Hall–Kier alpha value is -1.10. The normalized spacial score (nSPS) is 17.6. The van der Waals surface area contributed by atoms with Gasteiger partial charge in [0.1, 0.15) is 0 Å². The molecular formula is C10H19N3O2. The van der Waals surface area contributed by atoms with Crippen LogP contribution in [0.4, 0.5) is 0 Å². The van der Waals surface area contributed by atoms with Crippen LogP contribution in [0.5, 0.6) is 0 Å². The Kier molecular flexibility index (Phi) is 4.55. The summed E-state index contributed by atoms with van der Waals surface area (Å²) in [5.41, 5.74) is 0. The number of amides is 2. The maximum absolute atomic E-state index is 11.6. The van der Waals surface area contributed by atoms with Gasteiger partial charge in [-0.25, -0.2) is 0 Å². The molecule has 1 aliphatic heterocycles. The van der Waals surface area contributed by atoms with E-state index in [4.69, 9.17) is 0 Å². The molecule has 0 spiro atoms. The highest BCUT2D eigenvalue weighted by Crippen LogP contribution is 1.94. The molecule has 0 bridgehead atoms. The van der Waals surface area contributed by atoms with Crippen molar-refractivity contribution < 1.29 is 14.5 Å². The fourth-order valence-electron chi connectivity index (χ4n) is 1.58. The fraction of sp³-hybridized carbons (Fsp3) is 0.700. The van der Waals surface area contributed by atoms with Crippen LogP contribution < -0.4 is 10.2 Å². The van der Waals surface area contributed by atoms with Gasteiger partial charge in [0.2, 0.25) is 11.8 Å². The van der Waals surface area contributed by atoms with Crippen LogP contribution in [0.1, 0.15) is 13.3 Å². The largest absolute Gasteiger partial charge is 0.465 e. The van der Waals surface area contributed by atoms with Gasteiger partial charge in [-0.3, -0.25) is 9.59 Å². The van der Waals surface area contributed by atoms with Crippen LogP contribution in [0.2, 0.25) is 0 Å². The molecule has 0 unspecified atom stereocenters. The maximum Gasteiger partial charge on any atom is 0.224 e. The number of carbonyl (C=O) groups excluding carboxylic acids is 2. The van der Waals surface area contributed by atoms with Crippen LogP contribution in [0.3, 0.4) is 0 Å². The van der Waals surface area contributed by atoms with Gasteiger partial charge in [-0.15, -0.1) is 0 Å². The highest BCUT2D eigenvalue weighted by atomic mass is 16.2. The van der Waals surface area contributed by atoms with Gasteiger partial charge in [-0.05, 0) is 0 Å². The van der Waals surface area contributed by atoms with Crippen LogP contribution in [0, 0.1) is 7.05 Å². The van der Waals surface area contributed by atoms with Crippen LogP contribution in [0.15, 0.2) is 0 Å². The smallest absolute Gasteiger partial charge is 0.224 e. The number of nitrogens with zero attached hydrogens (tertiary/aromatic N) is 1. The Morgan fingerprint density at radius 1 is 1.40 bits per heavy atom. The molecule has 0 aromatic heterocycles. The summed E-state index contributed by atoms with van der Waals surface area (Å²) in [7, 11) is 3.90. The molecule has 86 valence electrons. The van der Waals surface area contributed by atoms with Crippen molar-refractivity contribution in [3.63, 3.8) is 0 Å². The Morgan fingerprint density at radius 2 is 2.00 bits per heavy atom. The minimum absolute atomic E-state index is 0.0881. The second-order valence-electron chi connectivity index (χ2n) is 3.86. The zero-order valence-electron chi connectivity index (χ0n) is 9.21. The Balaban J connectivity index is 2.19. The fourth-order valence-corrected chi connectivity index (χ4v) is 1.58. The molecule has 5 nitrogen and oxygen atoms in total. The highest BCUT2D eigenvalue weighted by Gasteiger charge is 2.18. The Bertz CT molecular complexity index is 235. The molecule has 1 rings (SSSR count). The van der Waals surface area contributed by atoms with Crippen molar-refractivity contribution in [1.82, 2.24) is 10.2 Å². The van der Waals surface area contributed by atoms with E-state index in [9.17, 15) is 9.59 Å². The molecule has 1 aliphatic rings. The molecule has 0 aromatic carbocycles. The number of rotatable bonds is 3. The van der Waals surface area contributed by atoms with E-state index in [1.54, 1.807) is 0 Å². The SMILES string of the molecule is [CH2-][NH+]1CCN(C(=O)CCNC(C)=O)CC1. The van der Waals surface area contributed by atoms with Gasteiger partial charge >= 0.3 is 0 Å². The summed E-state index contributed by atoms with van der Waals surface area (Å²) >= 11 is 0. The summed E-state index contributed by atoms with van der Waals surface area (Å²) in [6.45, 7) is 5.26. The van der Waals surface area contributed by atoms with Crippen LogP contribution >= 0.6 is 0 Å². The summed E-state index contributed by atoms with van der Waals surface area (Å²) in [6, 6.07) is 0. The van der Waals surface area contributed by atoms with E-state index in [0.29, 0.717) is 13.0 Å². The predicted octanol–water partition coefficient (Wildman–Crippen LogP) is -1.97. The van der Waals surface area contributed by atoms with Crippen LogP contribution in [0.25, 0.3) is 0 Å². The molecule has 2 amide bonds. The van der Waals surface area contributed by atoms with Crippen molar-refractivity contribution in [2.24, 2.45) is 0 Å². The summed E-state index contributed by atoms with van der Waals surface area (Å²) in [6.07, 6.45) is 0.395. The molecule has 1 fully saturated rings. The van der Waals surface area contributed by atoms with E-state index < -0.39 is 0 Å². The van der Waals surface area contributed by atoms with Crippen molar-refractivity contribution in [1.29, 1.82) is 0 Å². The second-order valence-corrected chi connectivity index (χ2v) is 3.86. The van der Waals surface area contributed by atoms with Crippen molar-refractivity contribution in [3.8, 4) is 0 Å². The third kappa shape index (κ3) is 4.29. The molecule has 1 saturated heterocycles. The van der Waals surface area contributed by atoms with E-state index >= 15 is 0 Å². The third-order valence-corrected chi connectivity index (χ3v) is 2.54. The minimum atomic E-state index is -0.0881. The number of hydrogen-bond donors (Lipinski definition) is 2. The van der Waals surface area contributed by atoms with Crippen molar-refractivity contribution in [2.45, 2.75) is 13.3 Å². The van der Waals surface area contributed by atoms with E-state index in [2.05, 4.69) is 12.4 Å². The lowest BCUT2D eigenvalue weighted by Crippen LogP contribution is -3.10. The quantitative estimate of drug-likeness (QED) is 0.534. The number of quaternary nitrogens is 1. The third-order valence-electron chi connectivity index (χ3n) is 2.54. The number of piperazine rings is 1. The summed E-state index contributed by atoms with van der Waals surface area (Å²) in [4.78, 5) is 25.3. The maximum atomic E-state index is 11.6. The van der Waals surface area contributed by atoms with Gasteiger partial charge in [-0.1, -0.05) is 0 Å². The van der Waals surface area contributed by atoms with Gasteiger partial charge in [0.15, 0.2) is 0 Å². The first-order valence-corrected chi connectivity index (χ1v) is 5.28. The van der Waals surface area contributed by atoms with E-state index in [-0.39, 0.29) is 11.8 Å². The molecule has 1 heterocycles. The highest BCUT2D eigenvalue weighted by molar-refractivity contribution is 5.78. The van der Waals surface area contributed by atoms with Crippen molar-refractivity contribution in [2.75, 3.05) is 32.7 Å². The van der Waals surface area contributed by atoms with Gasteiger partial charge < -0.3 is 15.1 Å². The van der Waals surface area contributed by atoms with Crippen LogP contribution in [-0.2, 0) is 9.59 Å². The summed E-state index contributed by atoms with van der Waals surface area (Å²) < 4.78 is 0. The number of nitrogens with one attached hydrogen (secondary N) is 2. The van der Waals surface area contributed by atoms with Crippen molar-refractivity contribution in [3.05, 3.63) is 7.05 Å². The first-order chi connectivity index (χ1) is 7.09. The lowest BCUT2D eigenvalue weighted by Gasteiger charge is -2.33.